The number of hydrogen-bond acceptors (Lipinski definition) is 3. The van der Waals surface area contributed by atoms with Crippen LogP contribution < -0.4 is 14.8 Å². The molecule has 0 aliphatic carbocycles. The van der Waals surface area contributed by atoms with E-state index in [4.69, 9.17) is 21.1 Å². The Morgan fingerprint density at radius 2 is 1.60 bits per heavy atom. The van der Waals surface area contributed by atoms with Gasteiger partial charge in [0, 0.05) is 18.2 Å². The molecule has 20 heavy (non-hydrogen) atoms. The summed E-state index contributed by atoms with van der Waals surface area (Å²) in [5.41, 5.74) is 2.01. The van der Waals surface area contributed by atoms with E-state index in [0.29, 0.717) is 16.5 Å². The van der Waals surface area contributed by atoms with Crippen LogP contribution in [0.1, 0.15) is 18.5 Å². The number of benzene rings is 2. The van der Waals surface area contributed by atoms with E-state index >= 15 is 0 Å². The lowest BCUT2D eigenvalue weighted by Gasteiger charge is -2.18. The predicted octanol–water partition coefficient (Wildman–Crippen LogP) is 4.53. The minimum Gasteiger partial charge on any atom is -0.493 e. The number of halogens is 1. The maximum Gasteiger partial charge on any atom is 0.162 e. The molecule has 1 unspecified atom stereocenters. The third kappa shape index (κ3) is 3.17. The van der Waals surface area contributed by atoms with Crippen molar-refractivity contribution in [1.82, 2.24) is 0 Å². The monoisotopic (exact) mass is 291 g/mol. The van der Waals surface area contributed by atoms with Gasteiger partial charge in [0.1, 0.15) is 0 Å². The molecule has 106 valence electrons. The molecule has 0 saturated carbocycles. The smallest absolute Gasteiger partial charge is 0.162 e. The Bertz CT molecular complexity index is 572. The summed E-state index contributed by atoms with van der Waals surface area (Å²) in [5.74, 6) is 1.27. The largest absolute Gasteiger partial charge is 0.493 e. The number of methoxy groups -OCH3 is 2. The fourth-order valence-electron chi connectivity index (χ4n) is 2.02. The lowest BCUT2D eigenvalue weighted by Crippen LogP contribution is -2.07. The van der Waals surface area contributed by atoms with Crippen LogP contribution in [0.15, 0.2) is 42.5 Å². The highest BCUT2D eigenvalue weighted by molar-refractivity contribution is 6.33. The lowest BCUT2D eigenvalue weighted by molar-refractivity contribution is 0.355. The second-order valence-electron chi connectivity index (χ2n) is 4.46. The van der Waals surface area contributed by atoms with Gasteiger partial charge in [-0.25, -0.2) is 0 Å². The van der Waals surface area contributed by atoms with Gasteiger partial charge in [-0.2, -0.15) is 0 Å². The van der Waals surface area contributed by atoms with Crippen molar-refractivity contribution in [3.63, 3.8) is 0 Å². The zero-order chi connectivity index (χ0) is 14.5. The molecule has 3 nitrogen and oxygen atoms in total. The normalized spacial score (nSPS) is 11.8. The first-order chi connectivity index (χ1) is 9.65. The van der Waals surface area contributed by atoms with Crippen molar-refractivity contribution in [1.29, 1.82) is 0 Å². The van der Waals surface area contributed by atoms with Crippen molar-refractivity contribution >= 4 is 17.3 Å². The molecule has 0 fully saturated rings. The van der Waals surface area contributed by atoms with E-state index in [1.807, 2.05) is 24.3 Å². The van der Waals surface area contributed by atoms with Crippen LogP contribution in [0.5, 0.6) is 11.5 Å². The van der Waals surface area contributed by atoms with Crippen LogP contribution in [0.2, 0.25) is 5.02 Å². The van der Waals surface area contributed by atoms with Crippen LogP contribution in [-0.2, 0) is 0 Å². The Balaban J connectivity index is 2.25. The molecule has 1 atom stereocenters. The van der Waals surface area contributed by atoms with Gasteiger partial charge in [0.15, 0.2) is 11.5 Å². The van der Waals surface area contributed by atoms with Gasteiger partial charge < -0.3 is 14.8 Å². The third-order valence-electron chi connectivity index (χ3n) is 3.14. The zero-order valence-electron chi connectivity index (χ0n) is 11.8. The molecule has 1 N–H and O–H groups in total. The van der Waals surface area contributed by atoms with Crippen LogP contribution in [-0.4, -0.2) is 14.2 Å². The topological polar surface area (TPSA) is 30.5 Å². The summed E-state index contributed by atoms with van der Waals surface area (Å²) in [7, 11) is 3.20. The molecule has 0 aromatic heterocycles. The summed E-state index contributed by atoms with van der Waals surface area (Å²) in [6.07, 6.45) is 0. The van der Waals surface area contributed by atoms with Crippen molar-refractivity contribution in [2.24, 2.45) is 0 Å². The summed E-state index contributed by atoms with van der Waals surface area (Å²) in [4.78, 5) is 0. The van der Waals surface area contributed by atoms with E-state index in [2.05, 4.69) is 24.4 Å². The molecule has 4 heteroatoms. The van der Waals surface area contributed by atoms with Crippen LogP contribution in [0.25, 0.3) is 0 Å². The van der Waals surface area contributed by atoms with Gasteiger partial charge in [-0.1, -0.05) is 41.9 Å². The molecule has 0 amide bonds. The second kappa shape index (κ2) is 6.53. The van der Waals surface area contributed by atoms with Gasteiger partial charge in [-0.15, -0.1) is 0 Å². The highest BCUT2D eigenvalue weighted by Gasteiger charge is 2.12. The Morgan fingerprint density at radius 3 is 2.20 bits per heavy atom. The van der Waals surface area contributed by atoms with E-state index in [1.54, 1.807) is 20.3 Å². The van der Waals surface area contributed by atoms with Crippen molar-refractivity contribution < 1.29 is 9.47 Å². The maximum atomic E-state index is 6.27. The number of nitrogens with one attached hydrogen (secondary N) is 1. The summed E-state index contributed by atoms with van der Waals surface area (Å²) in [6.45, 7) is 2.09. The molecule has 0 heterocycles. The van der Waals surface area contributed by atoms with E-state index in [9.17, 15) is 0 Å². The molecular weight excluding hydrogens is 274 g/mol. The number of hydrogen-bond donors (Lipinski definition) is 1. The van der Waals surface area contributed by atoms with Crippen molar-refractivity contribution in [3.05, 3.63) is 53.1 Å². The standard InChI is InChI=1S/C16H18ClNO2/c1-11(12-7-5-4-6-8-12)18-14-10-16(20-3)15(19-2)9-13(14)17/h4-11,18H,1-3H3. The number of rotatable bonds is 5. The number of ether oxygens (including phenoxy) is 2. The first-order valence-electron chi connectivity index (χ1n) is 6.38. The molecule has 0 aliphatic rings. The van der Waals surface area contributed by atoms with Crippen LogP contribution in [0.3, 0.4) is 0 Å². The van der Waals surface area contributed by atoms with Crippen molar-refractivity contribution in [3.8, 4) is 11.5 Å². The highest BCUT2D eigenvalue weighted by atomic mass is 35.5. The SMILES string of the molecule is COc1cc(Cl)c(NC(C)c2ccccc2)cc1OC. The van der Waals surface area contributed by atoms with E-state index in [1.165, 1.54) is 5.56 Å². The molecule has 0 saturated heterocycles. The average Bonchev–Trinajstić information content (AvgIpc) is 2.49. The quantitative estimate of drug-likeness (QED) is 0.878. The van der Waals surface area contributed by atoms with E-state index in [-0.39, 0.29) is 6.04 Å². The van der Waals surface area contributed by atoms with Crippen LogP contribution in [0, 0.1) is 0 Å². The summed E-state index contributed by atoms with van der Waals surface area (Å²) in [5, 5.41) is 3.99. The minimum absolute atomic E-state index is 0.145. The molecule has 0 aliphatic heterocycles. The van der Waals surface area contributed by atoms with E-state index < -0.39 is 0 Å². The maximum absolute atomic E-state index is 6.27. The predicted molar refractivity (Wildman–Crippen MR) is 83.0 cm³/mol. The fraction of sp³-hybridized carbons (Fsp3) is 0.250. The first-order valence-corrected chi connectivity index (χ1v) is 6.76. The number of anilines is 1. The van der Waals surface area contributed by atoms with Crippen molar-refractivity contribution in [2.75, 3.05) is 19.5 Å². The second-order valence-corrected chi connectivity index (χ2v) is 4.87. The molecule has 2 rings (SSSR count). The third-order valence-corrected chi connectivity index (χ3v) is 3.46. The van der Waals surface area contributed by atoms with Crippen molar-refractivity contribution in [2.45, 2.75) is 13.0 Å². The molecular formula is C16H18ClNO2. The van der Waals surface area contributed by atoms with Gasteiger partial charge in [0.2, 0.25) is 0 Å². The Kier molecular flexibility index (Phi) is 4.74. The molecule has 0 radical (unpaired) electrons. The zero-order valence-corrected chi connectivity index (χ0v) is 12.6. The van der Waals surface area contributed by atoms with E-state index in [0.717, 1.165) is 5.69 Å². The highest BCUT2D eigenvalue weighted by Crippen LogP contribution is 2.37. The van der Waals surface area contributed by atoms with Gasteiger partial charge in [-0.05, 0) is 12.5 Å². The summed E-state index contributed by atoms with van der Waals surface area (Å²) in [6, 6.07) is 13.9. The molecule has 2 aromatic rings. The van der Waals surface area contributed by atoms with Gasteiger partial charge in [0.25, 0.3) is 0 Å². The molecule has 0 bridgehead atoms. The summed E-state index contributed by atoms with van der Waals surface area (Å²) < 4.78 is 10.5. The summed E-state index contributed by atoms with van der Waals surface area (Å²) >= 11 is 6.27. The van der Waals surface area contributed by atoms with Gasteiger partial charge in [0.05, 0.1) is 24.9 Å². The average molecular weight is 292 g/mol. The Hall–Kier alpha value is -1.87. The van der Waals surface area contributed by atoms with Gasteiger partial charge in [-0.3, -0.25) is 0 Å². The molecule has 2 aromatic carbocycles. The first kappa shape index (κ1) is 14.5. The fourth-order valence-corrected chi connectivity index (χ4v) is 2.23. The minimum atomic E-state index is 0.145. The Labute approximate surface area is 124 Å². The molecule has 0 spiro atoms. The lowest BCUT2D eigenvalue weighted by atomic mass is 10.1. The van der Waals surface area contributed by atoms with Crippen LogP contribution >= 0.6 is 11.6 Å². The van der Waals surface area contributed by atoms with Crippen LogP contribution in [0.4, 0.5) is 5.69 Å². The van der Waals surface area contributed by atoms with Gasteiger partial charge >= 0.3 is 0 Å². The Morgan fingerprint density at radius 1 is 1.00 bits per heavy atom.